The molecule has 7 heteroatoms. The van der Waals surface area contributed by atoms with Crippen LogP contribution in [0.3, 0.4) is 0 Å². The zero-order valence-corrected chi connectivity index (χ0v) is 24.1. The third-order valence-corrected chi connectivity index (χ3v) is 7.70. The lowest BCUT2D eigenvalue weighted by atomic mass is 9.82. The van der Waals surface area contributed by atoms with Crippen molar-refractivity contribution >= 4 is 17.7 Å². The van der Waals surface area contributed by atoms with Crippen molar-refractivity contribution in [2.45, 2.75) is 63.6 Å². The van der Waals surface area contributed by atoms with Crippen LogP contribution in [0.25, 0.3) is 22.4 Å². The Morgan fingerprint density at radius 2 is 1.68 bits per heavy atom. The predicted octanol–water partition coefficient (Wildman–Crippen LogP) is 7.11. The summed E-state index contributed by atoms with van der Waals surface area (Å²) in [5.41, 5.74) is 3.92. The average molecular weight is 537 g/mol. The Morgan fingerprint density at radius 1 is 1.00 bits per heavy atom. The maximum absolute atomic E-state index is 11.9. The monoisotopic (exact) mass is 536 g/mol. The Hall–Kier alpha value is -2.77. The number of thioether (sulfide) groups is 1. The topological polar surface area (TPSA) is 62.6 Å². The molecule has 0 radical (unpaired) electrons. The molecular formula is C31H40N2O4S. The summed E-state index contributed by atoms with van der Waals surface area (Å²) in [6, 6.07) is 18.7. The van der Waals surface area contributed by atoms with Crippen molar-refractivity contribution in [1.29, 1.82) is 0 Å². The molecule has 204 valence electrons. The van der Waals surface area contributed by atoms with Crippen molar-refractivity contribution in [2.75, 3.05) is 26.6 Å². The molecular weight excluding hydrogens is 496 g/mol. The molecule has 0 N–H and O–H groups in total. The molecule has 38 heavy (non-hydrogen) atoms. The summed E-state index contributed by atoms with van der Waals surface area (Å²) in [5.74, 6) is 1.59. The van der Waals surface area contributed by atoms with E-state index in [1.807, 2.05) is 39.0 Å². The largest absolute Gasteiger partial charge is 0.497 e. The fourth-order valence-electron chi connectivity index (χ4n) is 5.12. The first-order valence-electron chi connectivity index (χ1n) is 13.4. The number of benzene rings is 2. The average Bonchev–Trinajstić information content (AvgIpc) is 3.27. The molecule has 1 heterocycles. The maximum Gasteiger partial charge on any atom is 0.332 e. The number of hydrogen-bond acceptors (Lipinski definition) is 6. The molecule has 0 saturated heterocycles. The van der Waals surface area contributed by atoms with Gasteiger partial charge in [0.25, 0.3) is 0 Å². The van der Waals surface area contributed by atoms with Crippen LogP contribution in [0.15, 0.2) is 59.6 Å². The Kier molecular flexibility index (Phi) is 9.55. The normalized spacial score (nSPS) is 17.8. The van der Waals surface area contributed by atoms with Crippen LogP contribution in [0.4, 0.5) is 0 Å². The highest BCUT2D eigenvalue weighted by molar-refractivity contribution is 7.98. The molecule has 1 aliphatic carbocycles. The standard InChI is InChI=1S/C31H40N2O4S/c1-31(2,3)37-27(34)21-36-20-23-16-14-22(15-17-23)19-33-30(38-5)28(25-12-9-13-26(18-25)35-4)29(32-33)24-10-7-6-8-11-24/h6-13,18,22-23H,14-17,19-21H2,1-5H3/t22-,23-. The van der Waals surface area contributed by atoms with Gasteiger partial charge >= 0.3 is 5.97 Å². The first-order chi connectivity index (χ1) is 18.3. The summed E-state index contributed by atoms with van der Waals surface area (Å²) >= 11 is 1.75. The van der Waals surface area contributed by atoms with E-state index >= 15 is 0 Å². The van der Waals surface area contributed by atoms with Crippen LogP contribution in [0.2, 0.25) is 0 Å². The van der Waals surface area contributed by atoms with Gasteiger partial charge in [-0.2, -0.15) is 5.10 Å². The van der Waals surface area contributed by atoms with Gasteiger partial charge in [-0.05, 0) is 82.2 Å². The van der Waals surface area contributed by atoms with Crippen LogP contribution in [-0.4, -0.2) is 47.9 Å². The van der Waals surface area contributed by atoms with Gasteiger partial charge in [0.2, 0.25) is 0 Å². The minimum absolute atomic E-state index is 0.0247. The first-order valence-corrected chi connectivity index (χ1v) is 14.6. The minimum Gasteiger partial charge on any atom is -0.497 e. The number of aromatic nitrogens is 2. The highest BCUT2D eigenvalue weighted by atomic mass is 32.2. The van der Waals surface area contributed by atoms with E-state index in [-0.39, 0.29) is 12.6 Å². The van der Waals surface area contributed by atoms with Gasteiger partial charge in [-0.25, -0.2) is 4.79 Å². The summed E-state index contributed by atoms with van der Waals surface area (Å²) in [6.45, 7) is 7.15. The summed E-state index contributed by atoms with van der Waals surface area (Å²) in [4.78, 5) is 11.9. The molecule has 4 rings (SSSR count). The smallest absolute Gasteiger partial charge is 0.332 e. The first kappa shape index (κ1) is 28.2. The molecule has 0 spiro atoms. The van der Waals surface area contributed by atoms with Gasteiger partial charge in [-0.15, -0.1) is 11.8 Å². The van der Waals surface area contributed by atoms with Crippen molar-refractivity contribution in [2.24, 2.45) is 11.8 Å². The quantitative estimate of drug-likeness (QED) is 0.203. The van der Waals surface area contributed by atoms with Crippen molar-refractivity contribution < 1.29 is 19.0 Å². The van der Waals surface area contributed by atoms with Crippen molar-refractivity contribution in [1.82, 2.24) is 9.78 Å². The molecule has 6 nitrogen and oxygen atoms in total. The molecule has 0 aliphatic heterocycles. The predicted molar refractivity (Wildman–Crippen MR) is 154 cm³/mol. The number of carbonyl (C=O) groups is 1. The van der Waals surface area contributed by atoms with Gasteiger partial charge in [0.15, 0.2) is 0 Å². The third-order valence-electron chi connectivity index (χ3n) is 6.90. The zero-order chi connectivity index (χ0) is 27.1. The lowest BCUT2D eigenvalue weighted by molar-refractivity contribution is -0.160. The molecule has 1 aliphatic rings. The minimum atomic E-state index is -0.479. The van der Waals surface area contributed by atoms with Crippen molar-refractivity contribution in [3.05, 3.63) is 54.6 Å². The van der Waals surface area contributed by atoms with Crippen molar-refractivity contribution in [3.63, 3.8) is 0 Å². The van der Waals surface area contributed by atoms with Crippen LogP contribution in [0, 0.1) is 11.8 Å². The van der Waals surface area contributed by atoms with E-state index in [1.165, 1.54) is 5.03 Å². The number of carbonyl (C=O) groups excluding carboxylic acids is 1. The summed E-state index contributed by atoms with van der Waals surface area (Å²) in [6.07, 6.45) is 6.59. The van der Waals surface area contributed by atoms with Gasteiger partial charge in [0.1, 0.15) is 28.7 Å². The molecule has 3 aromatic rings. The molecule has 2 aromatic carbocycles. The number of rotatable bonds is 10. The summed E-state index contributed by atoms with van der Waals surface area (Å²) in [5, 5.41) is 6.35. The van der Waals surface area contributed by atoms with E-state index in [9.17, 15) is 4.79 Å². The number of nitrogens with zero attached hydrogens (tertiary/aromatic N) is 2. The molecule has 1 fully saturated rings. The van der Waals surface area contributed by atoms with E-state index < -0.39 is 5.60 Å². The van der Waals surface area contributed by atoms with Gasteiger partial charge < -0.3 is 14.2 Å². The van der Waals surface area contributed by atoms with Gasteiger partial charge in [0, 0.05) is 17.7 Å². The highest BCUT2D eigenvalue weighted by Gasteiger charge is 2.26. The van der Waals surface area contributed by atoms with Crippen LogP contribution in [0.5, 0.6) is 5.75 Å². The van der Waals surface area contributed by atoms with Crippen LogP contribution in [-0.2, 0) is 20.8 Å². The van der Waals surface area contributed by atoms with Gasteiger partial charge in [-0.1, -0.05) is 42.5 Å². The Balaban J connectivity index is 1.45. The number of esters is 1. The van der Waals surface area contributed by atoms with E-state index in [1.54, 1.807) is 18.9 Å². The second kappa shape index (κ2) is 12.9. The van der Waals surface area contributed by atoms with Crippen LogP contribution >= 0.6 is 11.8 Å². The molecule has 0 amide bonds. The lowest BCUT2D eigenvalue weighted by Crippen LogP contribution is -2.28. The second-order valence-electron chi connectivity index (χ2n) is 11.0. The molecule has 1 aromatic heterocycles. The number of ether oxygens (including phenoxy) is 3. The number of methoxy groups -OCH3 is 1. The van der Waals surface area contributed by atoms with Gasteiger partial charge in [-0.3, -0.25) is 4.68 Å². The fourth-order valence-corrected chi connectivity index (χ4v) is 5.86. The van der Waals surface area contributed by atoms with Gasteiger partial charge in [0.05, 0.1) is 13.7 Å². The third kappa shape index (κ3) is 7.41. The number of hydrogen-bond donors (Lipinski definition) is 0. The zero-order valence-electron chi connectivity index (χ0n) is 23.2. The van der Waals surface area contributed by atoms with E-state index in [4.69, 9.17) is 19.3 Å². The molecule has 0 atom stereocenters. The summed E-state index contributed by atoms with van der Waals surface area (Å²) in [7, 11) is 1.70. The van der Waals surface area contributed by atoms with E-state index in [2.05, 4.69) is 47.3 Å². The Bertz CT molecular complexity index is 1190. The molecule has 0 unspecified atom stereocenters. The van der Waals surface area contributed by atoms with Crippen LogP contribution < -0.4 is 4.74 Å². The lowest BCUT2D eigenvalue weighted by Gasteiger charge is -2.28. The Labute approximate surface area is 231 Å². The molecule has 1 saturated carbocycles. The van der Waals surface area contributed by atoms with E-state index in [0.29, 0.717) is 18.4 Å². The molecule has 0 bridgehead atoms. The highest BCUT2D eigenvalue weighted by Crippen LogP contribution is 2.41. The summed E-state index contributed by atoms with van der Waals surface area (Å²) < 4.78 is 18.8. The van der Waals surface area contributed by atoms with Crippen molar-refractivity contribution in [3.8, 4) is 28.1 Å². The Morgan fingerprint density at radius 3 is 2.34 bits per heavy atom. The van der Waals surface area contributed by atoms with Crippen LogP contribution in [0.1, 0.15) is 46.5 Å². The maximum atomic E-state index is 11.9. The fraction of sp³-hybridized carbons (Fsp3) is 0.484. The SMILES string of the molecule is COc1cccc(-c2c(-c3ccccc3)nn(C[C@H]3CC[C@H](COCC(=O)OC(C)(C)C)CC3)c2SC)c1. The van der Waals surface area contributed by atoms with E-state index in [0.717, 1.165) is 60.4 Å². The second-order valence-corrected chi connectivity index (χ2v) is 11.8.